The normalized spacial score (nSPS) is 18.0. The van der Waals surface area contributed by atoms with Crippen LogP contribution in [0.4, 0.5) is 5.82 Å². The van der Waals surface area contributed by atoms with Crippen LogP contribution < -0.4 is 4.90 Å². The van der Waals surface area contributed by atoms with Crippen molar-refractivity contribution in [3.8, 4) is 0 Å². The number of morpholine rings is 1. The van der Waals surface area contributed by atoms with Gasteiger partial charge in [0.1, 0.15) is 17.2 Å². The molecule has 5 rings (SSSR count). The first-order valence-electron chi connectivity index (χ1n) is 11.1. The van der Waals surface area contributed by atoms with Crippen molar-refractivity contribution < 1.29 is 4.74 Å². The van der Waals surface area contributed by atoms with E-state index in [1.54, 1.807) is 0 Å². The highest BCUT2D eigenvalue weighted by atomic mass is 16.5. The van der Waals surface area contributed by atoms with Gasteiger partial charge in [-0.3, -0.25) is 0 Å². The summed E-state index contributed by atoms with van der Waals surface area (Å²) in [7, 11) is 2.03. The third-order valence-electron chi connectivity index (χ3n) is 6.41. The Kier molecular flexibility index (Phi) is 5.31. The molecule has 0 aliphatic carbocycles. The van der Waals surface area contributed by atoms with Gasteiger partial charge in [-0.1, -0.05) is 36.9 Å². The van der Waals surface area contributed by atoms with Crippen molar-refractivity contribution in [2.45, 2.75) is 19.9 Å². The monoisotopic (exact) mass is 427 g/mol. The van der Waals surface area contributed by atoms with Crippen LogP contribution in [0.25, 0.3) is 16.6 Å². The molecule has 6 heteroatoms. The van der Waals surface area contributed by atoms with E-state index in [-0.39, 0.29) is 6.04 Å². The van der Waals surface area contributed by atoms with Gasteiger partial charge in [0.2, 0.25) is 0 Å². The van der Waals surface area contributed by atoms with Crippen LogP contribution in [-0.4, -0.2) is 52.8 Å². The summed E-state index contributed by atoms with van der Waals surface area (Å²) in [6.07, 6.45) is 6.19. The van der Waals surface area contributed by atoms with Crippen molar-refractivity contribution in [1.29, 1.82) is 0 Å². The van der Waals surface area contributed by atoms with Crippen LogP contribution in [-0.2, 0) is 4.74 Å². The van der Waals surface area contributed by atoms with E-state index >= 15 is 0 Å². The number of benzene rings is 1. The van der Waals surface area contributed by atoms with Crippen molar-refractivity contribution in [3.63, 3.8) is 0 Å². The minimum atomic E-state index is 0.112. The van der Waals surface area contributed by atoms with Gasteiger partial charge in [-0.05, 0) is 31.1 Å². The zero-order chi connectivity index (χ0) is 22.2. The van der Waals surface area contributed by atoms with Gasteiger partial charge in [-0.25, -0.2) is 9.97 Å². The molecule has 0 N–H and O–H groups in total. The van der Waals surface area contributed by atoms with E-state index in [2.05, 4.69) is 83.5 Å². The molecule has 32 heavy (non-hydrogen) atoms. The molecule has 2 aromatic heterocycles. The summed E-state index contributed by atoms with van der Waals surface area (Å²) in [6, 6.07) is 12.9. The molecule has 1 atom stereocenters. The van der Waals surface area contributed by atoms with Crippen LogP contribution in [0.3, 0.4) is 0 Å². The number of allylic oxidation sites excluding steroid dienone is 3. The highest BCUT2D eigenvalue weighted by Crippen LogP contribution is 2.34. The lowest BCUT2D eigenvalue weighted by Gasteiger charge is -2.28. The smallest absolute Gasteiger partial charge is 0.143 e. The third kappa shape index (κ3) is 3.60. The van der Waals surface area contributed by atoms with Crippen LogP contribution in [0.2, 0.25) is 0 Å². The summed E-state index contributed by atoms with van der Waals surface area (Å²) in [6.45, 7) is 11.7. The molecule has 0 spiro atoms. The lowest BCUT2D eigenvalue weighted by atomic mass is 10.0. The van der Waals surface area contributed by atoms with Crippen LogP contribution in [0.5, 0.6) is 0 Å². The number of hydrogen-bond acceptors (Lipinski definition) is 5. The number of aromatic nitrogens is 3. The number of rotatable bonds is 4. The summed E-state index contributed by atoms with van der Waals surface area (Å²) in [5, 5.41) is 0. The summed E-state index contributed by atoms with van der Waals surface area (Å²) in [5.74, 6) is 1.92. The van der Waals surface area contributed by atoms with E-state index in [0.717, 1.165) is 65.8 Å². The van der Waals surface area contributed by atoms with E-state index in [0.29, 0.717) is 0 Å². The van der Waals surface area contributed by atoms with Crippen LogP contribution in [0, 0.1) is 0 Å². The zero-order valence-corrected chi connectivity index (χ0v) is 19.0. The molecule has 0 bridgehead atoms. The Hall–Kier alpha value is -3.38. The molecule has 6 nitrogen and oxygen atoms in total. The van der Waals surface area contributed by atoms with Gasteiger partial charge in [0.15, 0.2) is 0 Å². The molecule has 0 radical (unpaired) electrons. The number of imidazole rings is 1. The SMILES string of the molecule is C=C1C(C)=CC(c2nc3cnc(N4CCOCC4)cc3n2[C@@H](C)c2ccccc2)=CN1C. The lowest BCUT2D eigenvalue weighted by molar-refractivity contribution is 0.122. The fraction of sp³-hybridized carbons (Fsp3) is 0.308. The molecular weight excluding hydrogens is 398 g/mol. The average molecular weight is 428 g/mol. The van der Waals surface area contributed by atoms with E-state index in [1.807, 2.05) is 13.2 Å². The molecule has 164 valence electrons. The minimum Gasteiger partial charge on any atom is -0.378 e. The fourth-order valence-electron chi connectivity index (χ4n) is 4.47. The largest absolute Gasteiger partial charge is 0.378 e. The maximum absolute atomic E-state index is 5.53. The number of hydrogen-bond donors (Lipinski definition) is 0. The molecule has 3 aromatic rings. The van der Waals surface area contributed by atoms with Gasteiger partial charge < -0.3 is 19.1 Å². The first-order chi connectivity index (χ1) is 15.5. The number of likely N-dealkylation sites (N-methyl/N-ethyl adjacent to an activating group) is 1. The molecule has 4 heterocycles. The van der Waals surface area contributed by atoms with Gasteiger partial charge in [-0.15, -0.1) is 0 Å². The van der Waals surface area contributed by atoms with E-state index in [1.165, 1.54) is 5.56 Å². The van der Waals surface area contributed by atoms with Crippen molar-refractivity contribution in [3.05, 3.63) is 84.1 Å². The number of nitrogens with zero attached hydrogens (tertiary/aromatic N) is 5. The highest BCUT2D eigenvalue weighted by Gasteiger charge is 2.23. The summed E-state index contributed by atoms with van der Waals surface area (Å²) in [4.78, 5) is 14.1. The Labute approximate surface area is 189 Å². The Morgan fingerprint density at radius 2 is 1.88 bits per heavy atom. The van der Waals surface area contributed by atoms with Gasteiger partial charge >= 0.3 is 0 Å². The van der Waals surface area contributed by atoms with Crippen molar-refractivity contribution in [1.82, 2.24) is 19.4 Å². The predicted octanol–water partition coefficient (Wildman–Crippen LogP) is 4.62. The molecule has 0 unspecified atom stereocenters. The Morgan fingerprint density at radius 1 is 1.12 bits per heavy atom. The topological polar surface area (TPSA) is 46.4 Å². The summed E-state index contributed by atoms with van der Waals surface area (Å²) < 4.78 is 7.87. The van der Waals surface area contributed by atoms with Crippen LogP contribution >= 0.6 is 0 Å². The lowest BCUT2D eigenvalue weighted by Crippen LogP contribution is -2.36. The average Bonchev–Trinajstić information content (AvgIpc) is 3.21. The molecular formula is C26H29N5O. The van der Waals surface area contributed by atoms with E-state index < -0.39 is 0 Å². The second kappa shape index (κ2) is 8.28. The fourth-order valence-corrected chi connectivity index (χ4v) is 4.47. The first kappa shape index (κ1) is 20.5. The highest BCUT2D eigenvalue weighted by molar-refractivity contribution is 5.84. The van der Waals surface area contributed by atoms with Crippen molar-refractivity contribution in [2.75, 3.05) is 38.3 Å². The van der Waals surface area contributed by atoms with Gasteiger partial charge in [-0.2, -0.15) is 0 Å². The van der Waals surface area contributed by atoms with Crippen LogP contribution in [0.15, 0.2) is 72.7 Å². The Bertz CT molecular complexity index is 1220. The van der Waals surface area contributed by atoms with Gasteiger partial charge in [0, 0.05) is 43.7 Å². The van der Waals surface area contributed by atoms with Crippen molar-refractivity contribution in [2.24, 2.45) is 0 Å². The molecule has 1 saturated heterocycles. The summed E-state index contributed by atoms with van der Waals surface area (Å²) >= 11 is 0. The summed E-state index contributed by atoms with van der Waals surface area (Å²) in [5.41, 5.74) is 6.45. The first-order valence-corrected chi connectivity index (χ1v) is 11.1. The standard InChI is InChI=1S/C26H29N5O/c1-18-14-22(17-29(4)19(18)2)26-28-23-16-27-25(30-10-12-32-13-11-30)15-24(23)31(26)20(3)21-8-6-5-7-9-21/h5-9,14-17,20H,2,10-13H2,1,3-4H3/t20-/m0/s1. The minimum absolute atomic E-state index is 0.112. The van der Waals surface area contributed by atoms with Crippen molar-refractivity contribution >= 4 is 22.4 Å². The molecule has 0 amide bonds. The van der Waals surface area contributed by atoms with E-state index in [9.17, 15) is 0 Å². The third-order valence-corrected chi connectivity index (χ3v) is 6.41. The number of pyridine rings is 1. The molecule has 2 aliphatic heterocycles. The molecule has 1 fully saturated rings. The maximum Gasteiger partial charge on any atom is 0.143 e. The van der Waals surface area contributed by atoms with Crippen LogP contribution in [0.1, 0.15) is 31.3 Å². The van der Waals surface area contributed by atoms with Gasteiger partial charge in [0.25, 0.3) is 0 Å². The maximum atomic E-state index is 5.53. The number of ether oxygens (including phenoxy) is 1. The molecule has 0 saturated carbocycles. The Morgan fingerprint density at radius 3 is 2.59 bits per heavy atom. The second-order valence-corrected chi connectivity index (χ2v) is 8.49. The predicted molar refractivity (Wildman–Crippen MR) is 129 cm³/mol. The van der Waals surface area contributed by atoms with Gasteiger partial charge in [0.05, 0.1) is 31.0 Å². The number of anilines is 1. The van der Waals surface area contributed by atoms with E-state index in [4.69, 9.17) is 14.7 Å². The zero-order valence-electron chi connectivity index (χ0n) is 19.0. The molecule has 1 aromatic carbocycles. The molecule has 2 aliphatic rings. The number of fused-ring (bicyclic) bond motifs is 1. The second-order valence-electron chi connectivity index (χ2n) is 8.49. The quantitative estimate of drug-likeness (QED) is 0.608. The Balaban J connectivity index is 1.69.